The lowest BCUT2D eigenvalue weighted by Crippen LogP contribution is -1.99. The van der Waals surface area contributed by atoms with Gasteiger partial charge in [0.05, 0.1) is 0 Å². The Kier molecular flexibility index (Phi) is 5.08. The molecule has 0 atom stereocenters. The number of aromatic nitrogens is 3. The molecule has 0 saturated carbocycles. The zero-order chi connectivity index (χ0) is 16.4. The maximum Gasteiger partial charge on any atom is 0.200 e. The standard InChI is InChI=1S/C15H12BrClFN3OS/c1-2-21-14(12-5-6-13(16)22-12)19-20-15(21)23-8-9-3-4-10(18)7-11(9)17/h3-7H,2,8H2,1H3. The van der Waals surface area contributed by atoms with Crippen molar-refractivity contribution in [2.24, 2.45) is 0 Å². The van der Waals surface area contributed by atoms with Crippen molar-refractivity contribution in [2.45, 2.75) is 24.4 Å². The highest BCUT2D eigenvalue weighted by atomic mass is 79.9. The Hall–Kier alpha value is -1.31. The van der Waals surface area contributed by atoms with Crippen LogP contribution in [0.3, 0.4) is 0 Å². The van der Waals surface area contributed by atoms with Gasteiger partial charge in [-0.15, -0.1) is 10.2 Å². The van der Waals surface area contributed by atoms with Crippen LogP contribution in [-0.4, -0.2) is 14.8 Å². The van der Waals surface area contributed by atoms with Gasteiger partial charge in [-0.2, -0.15) is 0 Å². The molecule has 2 aromatic heterocycles. The second-order valence-corrected chi connectivity index (χ2v) is 6.81. The summed E-state index contributed by atoms with van der Waals surface area (Å²) in [7, 11) is 0. The summed E-state index contributed by atoms with van der Waals surface area (Å²) in [5.41, 5.74) is 0.853. The normalized spacial score (nSPS) is 11.1. The first-order valence-corrected chi connectivity index (χ1v) is 8.99. The number of benzene rings is 1. The van der Waals surface area contributed by atoms with Gasteiger partial charge in [0.1, 0.15) is 5.82 Å². The van der Waals surface area contributed by atoms with Crippen LogP contribution in [0.5, 0.6) is 0 Å². The second-order valence-electron chi connectivity index (χ2n) is 4.68. The smallest absolute Gasteiger partial charge is 0.200 e. The van der Waals surface area contributed by atoms with E-state index >= 15 is 0 Å². The Morgan fingerprint density at radius 1 is 1.30 bits per heavy atom. The number of rotatable bonds is 5. The number of halogens is 3. The van der Waals surface area contributed by atoms with Crippen LogP contribution in [0.4, 0.5) is 4.39 Å². The number of hydrogen-bond donors (Lipinski definition) is 0. The van der Waals surface area contributed by atoms with Crippen LogP contribution in [0, 0.1) is 5.82 Å². The molecule has 0 aliphatic carbocycles. The minimum Gasteiger partial charge on any atom is -0.446 e. The highest BCUT2D eigenvalue weighted by Crippen LogP contribution is 2.30. The molecule has 0 unspecified atom stereocenters. The van der Waals surface area contributed by atoms with Crippen molar-refractivity contribution in [1.29, 1.82) is 0 Å². The molecular formula is C15H12BrClFN3OS. The molecule has 0 aliphatic rings. The fraction of sp³-hybridized carbons (Fsp3) is 0.200. The molecule has 0 radical (unpaired) electrons. The predicted molar refractivity (Wildman–Crippen MR) is 92.1 cm³/mol. The van der Waals surface area contributed by atoms with Gasteiger partial charge in [-0.05, 0) is 52.7 Å². The number of nitrogens with zero attached hydrogens (tertiary/aromatic N) is 3. The fourth-order valence-corrected chi connectivity index (χ4v) is 3.70. The molecule has 0 spiro atoms. The van der Waals surface area contributed by atoms with Crippen molar-refractivity contribution in [1.82, 2.24) is 14.8 Å². The molecule has 0 fully saturated rings. The van der Waals surface area contributed by atoms with Gasteiger partial charge in [0.15, 0.2) is 15.6 Å². The molecule has 3 rings (SSSR count). The van der Waals surface area contributed by atoms with E-state index in [1.807, 2.05) is 23.6 Å². The third kappa shape index (κ3) is 3.62. The molecule has 4 nitrogen and oxygen atoms in total. The largest absolute Gasteiger partial charge is 0.446 e. The zero-order valence-corrected chi connectivity index (χ0v) is 15.3. The molecular weight excluding hydrogens is 405 g/mol. The van der Waals surface area contributed by atoms with E-state index in [0.29, 0.717) is 33.6 Å². The van der Waals surface area contributed by atoms with Gasteiger partial charge in [0, 0.05) is 17.3 Å². The third-order valence-corrected chi connectivity index (χ3v) is 4.99. The van der Waals surface area contributed by atoms with E-state index in [1.165, 1.54) is 23.9 Å². The van der Waals surface area contributed by atoms with Gasteiger partial charge >= 0.3 is 0 Å². The minimum absolute atomic E-state index is 0.342. The average molecular weight is 417 g/mol. The van der Waals surface area contributed by atoms with Gasteiger partial charge in [0.2, 0.25) is 5.82 Å². The first-order chi connectivity index (χ1) is 11.1. The first kappa shape index (κ1) is 16.5. The molecule has 8 heteroatoms. The fourth-order valence-electron chi connectivity index (χ4n) is 2.08. The van der Waals surface area contributed by atoms with E-state index in [1.54, 1.807) is 6.07 Å². The molecule has 3 aromatic rings. The summed E-state index contributed by atoms with van der Waals surface area (Å²) in [6.07, 6.45) is 0. The van der Waals surface area contributed by atoms with Gasteiger partial charge < -0.3 is 4.42 Å². The maximum absolute atomic E-state index is 13.1. The Balaban J connectivity index is 1.82. The summed E-state index contributed by atoms with van der Waals surface area (Å²) in [5.74, 6) is 1.56. The molecule has 0 aliphatic heterocycles. The Labute approximate surface area is 150 Å². The van der Waals surface area contributed by atoms with Gasteiger partial charge in [0.25, 0.3) is 0 Å². The van der Waals surface area contributed by atoms with Crippen molar-refractivity contribution in [2.75, 3.05) is 0 Å². The summed E-state index contributed by atoms with van der Waals surface area (Å²) in [6, 6.07) is 8.05. The van der Waals surface area contributed by atoms with Crippen molar-refractivity contribution in [3.05, 3.63) is 51.4 Å². The number of furan rings is 1. The Bertz CT molecular complexity index is 836. The van der Waals surface area contributed by atoms with Crippen LogP contribution in [0.15, 0.2) is 44.6 Å². The van der Waals surface area contributed by atoms with Crippen LogP contribution in [0.2, 0.25) is 5.02 Å². The topological polar surface area (TPSA) is 43.9 Å². The molecule has 0 saturated heterocycles. The summed E-state index contributed by atoms with van der Waals surface area (Å²) < 4.78 is 21.2. The predicted octanol–water partition coefficient (Wildman–Crippen LogP) is 5.41. The van der Waals surface area contributed by atoms with E-state index in [9.17, 15) is 4.39 Å². The summed E-state index contributed by atoms with van der Waals surface area (Å²) >= 11 is 10.8. The highest BCUT2D eigenvalue weighted by Gasteiger charge is 2.16. The van der Waals surface area contributed by atoms with Crippen molar-refractivity contribution >= 4 is 39.3 Å². The lowest BCUT2D eigenvalue weighted by Gasteiger charge is -2.07. The Morgan fingerprint density at radius 3 is 2.78 bits per heavy atom. The van der Waals surface area contributed by atoms with Crippen molar-refractivity contribution < 1.29 is 8.81 Å². The zero-order valence-electron chi connectivity index (χ0n) is 12.1. The van der Waals surface area contributed by atoms with Gasteiger partial charge in [-0.3, -0.25) is 4.57 Å². The lowest BCUT2D eigenvalue weighted by atomic mass is 10.2. The summed E-state index contributed by atoms with van der Waals surface area (Å²) in [4.78, 5) is 0. The summed E-state index contributed by atoms with van der Waals surface area (Å²) in [5, 5.41) is 9.59. The summed E-state index contributed by atoms with van der Waals surface area (Å²) in [6.45, 7) is 2.72. The molecule has 0 amide bonds. The SMILES string of the molecule is CCn1c(SCc2ccc(F)cc2Cl)nnc1-c1ccc(Br)o1. The lowest BCUT2D eigenvalue weighted by molar-refractivity contribution is 0.543. The van der Waals surface area contributed by atoms with Crippen molar-refractivity contribution in [3.8, 4) is 11.6 Å². The van der Waals surface area contributed by atoms with E-state index in [4.69, 9.17) is 16.0 Å². The molecule has 2 heterocycles. The Morgan fingerprint density at radius 2 is 2.13 bits per heavy atom. The van der Waals surface area contributed by atoms with Crippen LogP contribution >= 0.6 is 39.3 Å². The minimum atomic E-state index is -0.342. The van der Waals surface area contributed by atoms with E-state index in [2.05, 4.69) is 26.1 Å². The van der Waals surface area contributed by atoms with E-state index < -0.39 is 0 Å². The number of hydrogen-bond acceptors (Lipinski definition) is 4. The first-order valence-electron chi connectivity index (χ1n) is 6.84. The van der Waals surface area contributed by atoms with Gasteiger partial charge in [-0.1, -0.05) is 29.4 Å². The van der Waals surface area contributed by atoms with Crippen LogP contribution in [0.25, 0.3) is 11.6 Å². The van der Waals surface area contributed by atoms with Crippen LogP contribution in [-0.2, 0) is 12.3 Å². The van der Waals surface area contributed by atoms with E-state index in [-0.39, 0.29) is 5.82 Å². The van der Waals surface area contributed by atoms with Crippen LogP contribution < -0.4 is 0 Å². The van der Waals surface area contributed by atoms with Gasteiger partial charge in [-0.25, -0.2) is 4.39 Å². The second kappa shape index (κ2) is 7.07. The third-order valence-electron chi connectivity index (χ3n) is 3.20. The molecule has 1 aromatic carbocycles. The maximum atomic E-state index is 13.1. The molecule has 120 valence electrons. The number of thioether (sulfide) groups is 1. The molecule has 23 heavy (non-hydrogen) atoms. The average Bonchev–Trinajstić information content (AvgIpc) is 3.12. The highest BCUT2D eigenvalue weighted by molar-refractivity contribution is 9.10. The van der Waals surface area contributed by atoms with Crippen LogP contribution in [0.1, 0.15) is 12.5 Å². The monoisotopic (exact) mass is 415 g/mol. The van der Waals surface area contributed by atoms with E-state index in [0.717, 1.165) is 10.7 Å². The molecule has 0 bridgehead atoms. The van der Waals surface area contributed by atoms with Crippen molar-refractivity contribution in [3.63, 3.8) is 0 Å². The molecule has 0 N–H and O–H groups in total. The quantitative estimate of drug-likeness (QED) is 0.522.